The van der Waals surface area contributed by atoms with E-state index in [9.17, 15) is 0 Å². The van der Waals surface area contributed by atoms with Crippen LogP contribution in [0.5, 0.6) is 0 Å². The number of aromatic nitrogens is 2. The third-order valence-corrected chi connectivity index (χ3v) is 2.59. The number of methoxy groups -OCH3 is 1. The maximum absolute atomic E-state index is 7.82. The molecule has 2 rings (SSSR count). The monoisotopic (exact) mass is 245 g/mol. The summed E-state index contributed by atoms with van der Waals surface area (Å²) in [6.07, 6.45) is 1.64. The molecule has 0 fully saturated rings. The lowest BCUT2D eigenvalue weighted by atomic mass is 10.2. The van der Waals surface area contributed by atoms with Gasteiger partial charge in [-0.15, -0.1) is 0 Å². The van der Waals surface area contributed by atoms with Gasteiger partial charge in [0.25, 0.3) is 0 Å². The number of ether oxygens (including phenoxy) is 1. The summed E-state index contributed by atoms with van der Waals surface area (Å²) < 4.78 is 6.76. The van der Waals surface area contributed by atoms with E-state index in [1.165, 1.54) is 7.11 Å². The molecule has 6 nitrogen and oxygen atoms in total. The minimum Gasteiger partial charge on any atom is -0.480 e. The molecule has 4 N–H and O–H groups in total. The molecule has 6 heteroatoms. The molecule has 1 aromatic heterocycles. The Hall–Kier alpha value is -2.50. The van der Waals surface area contributed by atoms with Crippen molar-refractivity contribution in [2.45, 2.75) is 0 Å². The average molecular weight is 245 g/mol. The van der Waals surface area contributed by atoms with Crippen molar-refractivity contribution in [1.82, 2.24) is 9.55 Å². The van der Waals surface area contributed by atoms with E-state index in [2.05, 4.69) is 10.3 Å². The second-order valence-corrected chi connectivity index (χ2v) is 3.69. The minimum absolute atomic E-state index is 0.0497. The van der Waals surface area contributed by atoms with E-state index >= 15 is 0 Å². The third-order valence-electron chi connectivity index (χ3n) is 2.59. The van der Waals surface area contributed by atoms with E-state index < -0.39 is 0 Å². The lowest BCUT2D eigenvalue weighted by molar-refractivity contribution is 0.399. The van der Waals surface area contributed by atoms with Gasteiger partial charge in [0.2, 0.25) is 5.90 Å². The Bertz CT molecular complexity index is 558. The summed E-state index contributed by atoms with van der Waals surface area (Å²) >= 11 is 0. The summed E-state index contributed by atoms with van der Waals surface area (Å²) in [5.41, 5.74) is 7.79. The number of nitrogens with one attached hydrogen (secondary N) is 2. The highest BCUT2D eigenvalue weighted by Gasteiger charge is 2.16. The van der Waals surface area contributed by atoms with Crippen LogP contribution in [-0.2, 0) is 4.74 Å². The predicted molar refractivity (Wildman–Crippen MR) is 71.4 cm³/mol. The minimum atomic E-state index is 0.0497. The van der Waals surface area contributed by atoms with Gasteiger partial charge in [0, 0.05) is 18.4 Å². The first kappa shape index (κ1) is 12.0. The molecular weight excluding hydrogens is 230 g/mol. The molecule has 18 heavy (non-hydrogen) atoms. The maximum atomic E-state index is 7.82. The van der Waals surface area contributed by atoms with E-state index in [4.69, 9.17) is 15.9 Å². The number of nitrogens with two attached hydrogens (primary N) is 1. The smallest absolute Gasteiger partial charge is 0.234 e. The van der Waals surface area contributed by atoms with Crippen LogP contribution in [0, 0.1) is 5.41 Å². The van der Waals surface area contributed by atoms with Crippen molar-refractivity contribution < 1.29 is 4.74 Å². The molecule has 0 aliphatic rings. The van der Waals surface area contributed by atoms with Crippen LogP contribution in [-0.4, -0.2) is 29.6 Å². The van der Waals surface area contributed by atoms with Gasteiger partial charge in [-0.05, 0) is 24.3 Å². The fourth-order valence-corrected chi connectivity index (χ4v) is 1.68. The van der Waals surface area contributed by atoms with Crippen molar-refractivity contribution in [2.24, 2.45) is 0 Å². The average Bonchev–Trinajstić information content (AvgIpc) is 2.82. The number of anilines is 2. The van der Waals surface area contributed by atoms with Gasteiger partial charge in [0.05, 0.1) is 7.11 Å². The van der Waals surface area contributed by atoms with Crippen molar-refractivity contribution in [3.63, 3.8) is 0 Å². The first-order chi connectivity index (χ1) is 8.67. The van der Waals surface area contributed by atoms with Gasteiger partial charge < -0.3 is 15.8 Å². The summed E-state index contributed by atoms with van der Waals surface area (Å²) in [6.45, 7) is 0. The Labute approximate surface area is 105 Å². The zero-order valence-electron chi connectivity index (χ0n) is 10.3. The first-order valence-corrected chi connectivity index (χ1v) is 5.41. The number of nitrogen functional groups attached to an aromatic ring is 1. The Morgan fingerprint density at radius 2 is 2.06 bits per heavy atom. The third kappa shape index (κ3) is 2.00. The molecule has 0 aliphatic heterocycles. The van der Waals surface area contributed by atoms with E-state index in [1.807, 2.05) is 12.1 Å². The molecule has 0 radical (unpaired) electrons. The van der Waals surface area contributed by atoms with Gasteiger partial charge in [-0.25, -0.2) is 4.98 Å². The molecule has 0 saturated carbocycles. The number of hydrogen-bond donors (Lipinski definition) is 3. The summed E-state index contributed by atoms with van der Waals surface area (Å²) in [6, 6.07) is 7.33. The summed E-state index contributed by atoms with van der Waals surface area (Å²) in [7, 11) is 3.21. The van der Waals surface area contributed by atoms with Crippen LogP contribution in [0.4, 0.5) is 11.5 Å². The number of nitrogens with zero attached hydrogens (tertiary/aromatic N) is 2. The molecule has 0 bridgehead atoms. The van der Waals surface area contributed by atoms with Gasteiger partial charge in [-0.1, -0.05) is 0 Å². The van der Waals surface area contributed by atoms with Crippen LogP contribution in [0.2, 0.25) is 0 Å². The lowest BCUT2D eigenvalue weighted by Gasteiger charge is -2.10. The van der Waals surface area contributed by atoms with E-state index in [0.717, 1.165) is 5.69 Å². The topological polar surface area (TPSA) is 89.0 Å². The molecule has 0 atom stereocenters. The largest absolute Gasteiger partial charge is 0.480 e. The molecular formula is C12H15N5O. The van der Waals surface area contributed by atoms with Crippen molar-refractivity contribution in [3.05, 3.63) is 36.3 Å². The summed E-state index contributed by atoms with van der Waals surface area (Å²) in [4.78, 5) is 4.20. The van der Waals surface area contributed by atoms with Gasteiger partial charge in [-0.3, -0.25) is 9.98 Å². The number of benzene rings is 1. The molecule has 0 spiro atoms. The van der Waals surface area contributed by atoms with E-state index in [-0.39, 0.29) is 5.90 Å². The Morgan fingerprint density at radius 1 is 1.39 bits per heavy atom. The van der Waals surface area contributed by atoms with Crippen LogP contribution in [0.1, 0.15) is 5.69 Å². The van der Waals surface area contributed by atoms with Crippen LogP contribution in [0.3, 0.4) is 0 Å². The van der Waals surface area contributed by atoms with Crippen molar-refractivity contribution in [2.75, 3.05) is 25.2 Å². The maximum Gasteiger partial charge on any atom is 0.234 e. The van der Waals surface area contributed by atoms with Crippen LogP contribution in [0.25, 0.3) is 5.69 Å². The van der Waals surface area contributed by atoms with Crippen molar-refractivity contribution >= 4 is 17.4 Å². The Balaban J connectivity index is 2.54. The fourth-order valence-electron chi connectivity index (χ4n) is 1.68. The van der Waals surface area contributed by atoms with Gasteiger partial charge >= 0.3 is 0 Å². The van der Waals surface area contributed by atoms with Crippen LogP contribution >= 0.6 is 0 Å². The zero-order chi connectivity index (χ0) is 13.1. The quantitative estimate of drug-likeness (QED) is 0.434. The molecule has 94 valence electrons. The molecule has 2 aromatic rings. The molecule has 0 saturated heterocycles. The number of imidazole rings is 1. The van der Waals surface area contributed by atoms with Crippen LogP contribution in [0.15, 0.2) is 30.6 Å². The summed E-state index contributed by atoms with van der Waals surface area (Å²) in [5.74, 6) is 0.646. The summed E-state index contributed by atoms with van der Waals surface area (Å²) in [5, 5.41) is 10.8. The standard InChI is InChI=1S/C12H15N5O/c1-15-12-10(11(14)18-2)17(7-16-12)9-5-3-8(13)4-6-9/h3-7,14-15H,13H2,1-2H3. The van der Waals surface area contributed by atoms with Gasteiger partial charge in [0.1, 0.15) is 6.33 Å². The second kappa shape index (κ2) is 4.79. The molecule has 0 aliphatic carbocycles. The fraction of sp³-hybridized carbons (Fsp3) is 0.167. The number of hydrogen-bond acceptors (Lipinski definition) is 5. The predicted octanol–water partition coefficient (Wildman–Crippen LogP) is 1.47. The van der Waals surface area contributed by atoms with E-state index in [1.54, 1.807) is 30.1 Å². The van der Waals surface area contributed by atoms with Gasteiger partial charge in [0.15, 0.2) is 11.5 Å². The highest BCUT2D eigenvalue weighted by molar-refractivity contribution is 5.95. The zero-order valence-corrected chi connectivity index (χ0v) is 10.3. The van der Waals surface area contributed by atoms with Gasteiger partial charge in [-0.2, -0.15) is 0 Å². The Morgan fingerprint density at radius 3 is 2.61 bits per heavy atom. The van der Waals surface area contributed by atoms with Crippen molar-refractivity contribution in [3.8, 4) is 5.69 Å². The SMILES string of the molecule is CNc1ncn(-c2ccc(N)cc2)c1C(=N)OC. The highest BCUT2D eigenvalue weighted by Crippen LogP contribution is 2.20. The normalized spacial score (nSPS) is 10.1. The molecule has 1 aromatic carbocycles. The molecule has 0 amide bonds. The second-order valence-electron chi connectivity index (χ2n) is 3.69. The molecule has 1 heterocycles. The number of rotatable bonds is 3. The Kier molecular flexibility index (Phi) is 3.18. The lowest BCUT2D eigenvalue weighted by Crippen LogP contribution is -2.11. The highest BCUT2D eigenvalue weighted by atomic mass is 16.5. The molecule has 0 unspecified atom stereocenters. The van der Waals surface area contributed by atoms with E-state index in [0.29, 0.717) is 17.2 Å². The first-order valence-electron chi connectivity index (χ1n) is 5.41. The van der Waals surface area contributed by atoms with Crippen LogP contribution < -0.4 is 11.1 Å². The van der Waals surface area contributed by atoms with Crippen molar-refractivity contribution in [1.29, 1.82) is 5.41 Å².